The summed E-state index contributed by atoms with van der Waals surface area (Å²) in [6.07, 6.45) is 1.45. The van der Waals surface area contributed by atoms with Crippen LogP contribution in [0.1, 0.15) is 19.8 Å². The number of halogens is 1. The Morgan fingerprint density at radius 3 is 2.81 bits per heavy atom. The number of nitrogens with one attached hydrogen (secondary N) is 1. The number of nitro groups is 1. The summed E-state index contributed by atoms with van der Waals surface area (Å²) in [5.41, 5.74) is -0.453. The minimum absolute atomic E-state index is 0.203. The van der Waals surface area contributed by atoms with E-state index in [0.717, 1.165) is 18.9 Å². The van der Waals surface area contributed by atoms with Crippen LogP contribution in [-0.2, 0) is 14.8 Å². The summed E-state index contributed by atoms with van der Waals surface area (Å²) in [6.45, 7) is 2.30. The monoisotopic (exact) mass is 378 g/mol. The fourth-order valence-electron chi connectivity index (χ4n) is 2.24. The Bertz CT molecular complexity index is 643. The normalized spacial score (nSPS) is 20.4. The smallest absolute Gasteiger partial charge is 0.289 e. The maximum atomic E-state index is 12.4. The van der Waals surface area contributed by atoms with Gasteiger partial charge in [-0.1, -0.05) is 15.9 Å². The van der Waals surface area contributed by atoms with Gasteiger partial charge in [0.15, 0.2) is 4.90 Å². The molecule has 21 heavy (non-hydrogen) atoms. The van der Waals surface area contributed by atoms with Gasteiger partial charge in [-0.25, -0.2) is 13.1 Å². The Kier molecular flexibility index (Phi) is 4.97. The van der Waals surface area contributed by atoms with Gasteiger partial charge in [-0.3, -0.25) is 10.1 Å². The molecular weight excluding hydrogens is 364 g/mol. The quantitative estimate of drug-likeness (QED) is 0.625. The number of sulfonamides is 1. The lowest BCUT2D eigenvalue weighted by atomic mass is 10.1. The molecule has 7 nitrogen and oxygen atoms in total. The van der Waals surface area contributed by atoms with Crippen LogP contribution in [0.25, 0.3) is 0 Å². The molecule has 1 fully saturated rings. The zero-order chi connectivity index (χ0) is 15.6. The zero-order valence-electron chi connectivity index (χ0n) is 11.3. The average Bonchev–Trinajstić information content (AvgIpc) is 2.91. The van der Waals surface area contributed by atoms with Crippen LogP contribution < -0.4 is 4.72 Å². The molecule has 0 saturated carbocycles. The van der Waals surface area contributed by atoms with Crippen molar-refractivity contribution in [3.8, 4) is 0 Å². The number of benzene rings is 1. The molecule has 0 radical (unpaired) electrons. The maximum Gasteiger partial charge on any atom is 0.289 e. The summed E-state index contributed by atoms with van der Waals surface area (Å²) in [6, 6.07) is 3.37. The minimum atomic E-state index is -4.00. The van der Waals surface area contributed by atoms with E-state index in [1.807, 2.05) is 0 Å². The second-order valence-electron chi connectivity index (χ2n) is 4.83. The van der Waals surface area contributed by atoms with Crippen LogP contribution in [0.5, 0.6) is 0 Å². The molecule has 9 heteroatoms. The molecule has 0 aromatic heterocycles. The van der Waals surface area contributed by atoms with Crippen LogP contribution in [0.2, 0.25) is 0 Å². The molecule has 1 saturated heterocycles. The van der Waals surface area contributed by atoms with Crippen LogP contribution in [0, 0.1) is 10.1 Å². The number of hydrogen-bond acceptors (Lipinski definition) is 5. The van der Waals surface area contributed by atoms with Gasteiger partial charge in [0.2, 0.25) is 10.0 Å². The average molecular weight is 379 g/mol. The SMILES string of the molecule is CC(NS(=O)(=O)c1cc(Br)ccc1[N+](=O)[O-])C1CCCO1. The first kappa shape index (κ1) is 16.3. The van der Waals surface area contributed by atoms with Crippen molar-refractivity contribution in [1.29, 1.82) is 0 Å². The van der Waals surface area contributed by atoms with Gasteiger partial charge in [-0.05, 0) is 31.9 Å². The van der Waals surface area contributed by atoms with Crippen molar-refractivity contribution in [2.45, 2.75) is 36.8 Å². The van der Waals surface area contributed by atoms with Crippen molar-refractivity contribution in [2.75, 3.05) is 6.61 Å². The molecule has 2 rings (SSSR count). The topological polar surface area (TPSA) is 98.5 Å². The highest BCUT2D eigenvalue weighted by Gasteiger charge is 2.31. The predicted octanol–water partition coefficient (Wildman–Crippen LogP) is 2.20. The molecule has 1 heterocycles. The fraction of sp³-hybridized carbons (Fsp3) is 0.500. The second-order valence-corrected chi connectivity index (χ2v) is 7.43. The Labute approximate surface area is 131 Å². The summed E-state index contributed by atoms with van der Waals surface area (Å²) in [7, 11) is -4.00. The Hall–Kier alpha value is -1.03. The third-order valence-corrected chi connectivity index (χ3v) is 5.35. The van der Waals surface area contributed by atoms with E-state index >= 15 is 0 Å². The Balaban J connectivity index is 2.30. The van der Waals surface area contributed by atoms with Gasteiger partial charge >= 0.3 is 0 Å². The highest BCUT2D eigenvalue weighted by molar-refractivity contribution is 9.10. The molecule has 1 aliphatic rings. The molecule has 0 spiro atoms. The first-order chi connectivity index (χ1) is 9.81. The summed E-state index contributed by atoms with van der Waals surface area (Å²) < 4.78 is 33.1. The second kappa shape index (κ2) is 6.39. The van der Waals surface area contributed by atoms with Crippen molar-refractivity contribution >= 4 is 31.6 Å². The molecule has 1 aromatic carbocycles. The van der Waals surface area contributed by atoms with Crippen LogP contribution in [0.3, 0.4) is 0 Å². The fourth-order valence-corrected chi connectivity index (χ4v) is 4.22. The summed E-state index contributed by atoms with van der Waals surface area (Å²) in [4.78, 5) is 9.93. The first-order valence-electron chi connectivity index (χ1n) is 6.39. The Morgan fingerprint density at radius 1 is 1.52 bits per heavy atom. The van der Waals surface area contributed by atoms with E-state index in [4.69, 9.17) is 4.74 Å². The van der Waals surface area contributed by atoms with E-state index in [2.05, 4.69) is 20.7 Å². The number of hydrogen-bond donors (Lipinski definition) is 1. The van der Waals surface area contributed by atoms with Gasteiger partial charge in [0, 0.05) is 23.2 Å². The summed E-state index contributed by atoms with van der Waals surface area (Å²) >= 11 is 3.13. The lowest BCUT2D eigenvalue weighted by Crippen LogP contribution is -2.40. The predicted molar refractivity (Wildman–Crippen MR) is 79.6 cm³/mol. The van der Waals surface area contributed by atoms with E-state index in [0.29, 0.717) is 11.1 Å². The lowest BCUT2D eigenvalue weighted by molar-refractivity contribution is -0.387. The minimum Gasteiger partial charge on any atom is -0.377 e. The van der Waals surface area contributed by atoms with Gasteiger partial charge < -0.3 is 4.74 Å². The van der Waals surface area contributed by atoms with Gasteiger partial charge in [-0.2, -0.15) is 0 Å². The number of ether oxygens (including phenoxy) is 1. The number of rotatable bonds is 5. The highest BCUT2D eigenvalue weighted by Crippen LogP contribution is 2.28. The molecule has 0 bridgehead atoms. The molecule has 0 amide bonds. The molecule has 2 unspecified atom stereocenters. The largest absolute Gasteiger partial charge is 0.377 e. The van der Waals surface area contributed by atoms with Gasteiger partial charge in [0.25, 0.3) is 5.69 Å². The number of nitrogens with zero attached hydrogens (tertiary/aromatic N) is 1. The third kappa shape index (κ3) is 3.79. The van der Waals surface area contributed by atoms with E-state index in [1.165, 1.54) is 12.1 Å². The van der Waals surface area contributed by atoms with Crippen LogP contribution >= 0.6 is 15.9 Å². The lowest BCUT2D eigenvalue weighted by Gasteiger charge is -2.19. The van der Waals surface area contributed by atoms with Crippen molar-refractivity contribution < 1.29 is 18.1 Å². The van der Waals surface area contributed by atoms with E-state index in [-0.39, 0.29) is 11.0 Å². The molecule has 0 aliphatic carbocycles. The number of nitro benzene ring substituents is 1. The molecule has 2 atom stereocenters. The molecule has 1 N–H and O–H groups in total. The van der Waals surface area contributed by atoms with E-state index in [9.17, 15) is 18.5 Å². The van der Waals surface area contributed by atoms with E-state index < -0.39 is 26.7 Å². The van der Waals surface area contributed by atoms with Gasteiger partial charge in [0.1, 0.15) is 0 Å². The van der Waals surface area contributed by atoms with Crippen molar-refractivity contribution in [3.05, 3.63) is 32.8 Å². The third-order valence-electron chi connectivity index (χ3n) is 3.27. The Morgan fingerprint density at radius 2 is 2.24 bits per heavy atom. The van der Waals surface area contributed by atoms with E-state index in [1.54, 1.807) is 6.92 Å². The van der Waals surface area contributed by atoms with Crippen LogP contribution in [-0.4, -0.2) is 32.1 Å². The van der Waals surface area contributed by atoms with Crippen molar-refractivity contribution in [1.82, 2.24) is 4.72 Å². The highest BCUT2D eigenvalue weighted by atomic mass is 79.9. The standard InChI is InChI=1S/C12H15BrN2O5S/c1-8(11-3-2-6-20-11)14-21(18,19)12-7-9(13)4-5-10(12)15(16)17/h4-5,7-8,11,14H,2-3,6H2,1H3. The molecule has 1 aliphatic heterocycles. The van der Waals surface area contributed by atoms with Crippen molar-refractivity contribution in [3.63, 3.8) is 0 Å². The van der Waals surface area contributed by atoms with Gasteiger partial charge in [0.05, 0.1) is 11.0 Å². The molecular formula is C12H15BrN2O5S. The molecule has 1 aromatic rings. The first-order valence-corrected chi connectivity index (χ1v) is 8.67. The molecule has 116 valence electrons. The summed E-state index contributed by atoms with van der Waals surface area (Å²) in [5, 5.41) is 11.0. The van der Waals surface area contributed by atoms with Crippen LogP contribution in [0.4, 0.5) is 5.69 Å². The zero-order valence-corrected chi connectivity index (χ0v) is 13.7. The van der Waals surface area contributed by atoms with Crippen LogP contribution in [0.15, 0.2) is 27.6 Å². The summed E-state index contributed by atoms with van der Waals surface area (Å²) in [5.74, 6) is 0. The maximum absolute atomic E-state index is 12.4. The van der Waals surface area contributed by atoms with Crippen molar-refractivity contribution in [2.24, 2.45) is 0 Å². The van der Waals surface area contributed by atoms with Gasteiger partial charge in [-0.15, -0.1) is 0 Å².